The summed E-state index contributed by atoms with van der Waals surface area (Å²) in [6, 6.07) is 23.5. The van der Waals surface area contributed by atoms with Gasteiger partial charge in [0.05, 0.1) is 4.92 Å². The molecule has 0 saturated heterocycles. The van der Waals surface area contributed by atoms with Gasteiger partial charge in [0.2, 0.25) is 0 Å². The maximum atomic E-state index is 11.1. The van der Waals surface area contributed by atoms with Crippen molar-refractivity contribution in [2.75, 3.05) is 0 Å². The van der Waals surface area contributed by atoms with E-state index in [-0.39, 0.29) is 17.4 Å². The highest BCUT2D eigenvalue weighted by atomic mass is 16.6. The zero-order valence-corrected chi connectivity index (χ0v) is 12.3. The van der Waals surface area contributed by atoms with Crippen LogP contribution in [0.5, 0.6) is 5.75 Å². The molecule has 0 aliphatic heterocycles. The van der Waals surface area contributed by atoms with E-state index in [2.05, 4.69) is 0 Å². The smallest absolute Gasteiger partial charge is 0.270 e. The number of hydrogen-bond donors (Lipinski definition) is 1. The summed E-state index contributed by atoms with van der Waals surface area (Å²) in [7, 11) is 0. The number of hydrogen-bond acceptors (Lipinski definition) is 3. The van der Waals surface area contributed by atoms with E-state index in [1.807, 2.05) is 60.7 Å². The second-order valence-corrected chi connectivity index (χ2v) is 5.25. The normalized spacial score (nSPS) is 10.7. The van der Waals surface area contributed by atoms with Gasteiger partial charge >= 0.3 is 0 Å². The van der Waals surface area contributed by atoms with Gasteiger partial charge in [-0.05, 0) is 17.2 Å². The van der Waals surface area contributed by atoms with Gasteiger partial charge < -0.3 is 5.11 Å². The van der Waals surface area contributed by atoms with E-state index in [1.165, 1.54) is 18.2 Å². The molecule has 0 unspecified atom stereocenters. The number of benzene rings is 3. The van der Waals surface area contributed by atoms with E-state index in [0.717, 1.165) is 11.1 Å². The van der Waals surface area contributed by atoms with Crippen LogP contribution in [0.2, 0.25) is 0 Å². The van der Waals surface area contributed by atoms with Crippen LogP contribution in [-0.4, -0.2) is 10.0 Å². The molecule has 0 aliphatic rings. The molecule has 0 atom stereocenters. The lowest BCUT2D eigenvalue weighted by Gasteiger charge is -2.19. The van der Waals surface area contributed by atoms with Crippen molar-refractivity contribution in [3.63, 3.8) is 0 Å². The molecule has 0 amide bonds. The van der Waals surface area contributed by atoms with Gasteiger partial charge in [-0.1, -0.05) is 60.7 Å². The van der Waals surface area contributed by atoms with Gasteiger partial charge in [0.25, 0.3) is 5.69 Å². The van der Waals surface area contributed by atoms with Crippen LogP contribution < -0.4 is 0 Å². The molecular weight excluding hydrogens is 290 g/mol. The first kappa shape index (κ1) is 14.8. The molecule has 0 saturated carbocycles. The topological polar surface area (TPSA) is 63.4 Å². The van der Waals surface area contributed by atoms with Gasteiger partial charge in [-0.25, -0.2) is 0 Å². The molecule has 4 heteroatoms. The van der Waals surface area contributed by atoms with Crippen LogP contribution in [0.4, 0.5) is 5.69 Å². The highest BCUT2D eigenvalue weighted by molar-refractivity contribution is 5.52. The third-order valence-electron chi connectivity index (χ3n) is 3.80. The van der Waals surface area contributed by atoms with Gasteiger partial charge in [0.15, 0.2) is 0 Å². The highest BCUT2D eigenvalue weighted by Gasteiger charge is 2.22. The summed E-state index contributed by atoms with van der Waals surface area (Å²) in [5.74, 6) is -0.217. The number of phenolic OH excluding ortho intramolecular Hbond substituents is 1. The average molecular weight is 305 g/mol. The Bertz CT molecular complexity index is 777. The number of rotatable bonds is 4. The van der Waals surface area contributed by atoms with E-state index in [0.29, 0.717) is 5.56 Å². The van der Waals surface area contributed by atoms with Crippen LogP contribution in [0.3, 0.4) is 0 Å². The Balaban J connectivity index is 2.21. The Morgan fingerprint density at radius 3 is 1.83 bits per heavy atom. The predicted molar refractivity (Wildman–Crippen MR) is 88.6 cm³/mol. The molecular formula is C19H15NO3. The molecule has 23 heavy (non-hydrogen) atoms. The third-order valence-corrected chi connectivity index (χ3v) is 3.80. The molecule has 0 radical (unpaired) electrons. The molecule has 3 aromatic carbocycles. The van der Waals surface area contributed by atoms with Crippen LogP contribution in [0.15, 0.2) is 78.9 Å². The zero-order chi connectivity index (χ0) is 16.2. The predicted octanol–water partition coefficient (Wildman–Crippen LogP) is 4.48. The Labute approximate surface area is 133 Å². The van der Waals surface area contributed by atoms with Gasteiger partial charge in [0, 0.05) is 23.6 Å². The first-order valence-electron chi connectivity index (χ1n) is 7.24. The first-order valence-corrected chi connectivity index (χ1v) is 7.24. The lowest BCUT2D eigenvalue weighted by molar-refractivity contribution is -0.384. The Morgan fingerprint density at radius 2 is 1.35 bits per heavy atom. The molecule has 0 heterocycles. The molecule has 0 aliphatic carbocycles. The lowest BCUT2D eigenvalue weighted by Crippen LogP contribution is -2.04. The first-order chi connectivity index (χ1) is 11.2. The lowest BCUT2D eigenvalue weighted by atomic mass is 9.84. The van der Waals surface area contributed by atoms with Crippen molar-refractivity contribution in [1.82, 2.24) is 0 Å². The molecule has 1 N–H and O–H groups in total. The molecule has 0 bridgehead atoms. The van der Waals surface area contributed by atoms with Crippen molar-refractivity contribution in [1.29, 1.82) is 0 Å². The Morgan fingerprint density at radius 1 is 0.826 bits per heavy atom. The quantitative estimate of drug-likeness (QED) is 0.439. The fourth-order valence-corrected chi connectivity index (χ4v) is 2.73. The highest BCUT2D eigenvalue weighted by Crippen LogP contribution is 2.38. The summed E-state index contributed by atoms with van der Waals surface area (Å²) in [6.07, 6.45) is 0. The number of aromatic hydroxyl groups is 1. The average Bonchev–Trinajstić information content (AvgIpc) is 2.58. The Kier molecular flexibility index (Phi) is 4.06. The summed E-state index contributed by atoms with van der Waals surface area (Å²) in [5, 5.41) is 21.4. The van der Waals surface area contributed by atoms with Crippen molar-refractivity contribution in [2.45, 2.75) is 5.92 Å². The SMILES string of the molecule is O=[N+]([O-])c1ccc(O)c(C(c2ccccc2)c2ccccc2)c1. The number of phenols is 1. The van der Waals surface area contributed by atoms with E-state index in [9.17, 15) is 15.2 Å². The van der Waals surface area contributed by atoms with E-state index >= 15 is 0 Å². The van der Waals surface area contributed by atoms with Crippen LogP contribution in [-0.2, 0) is 0 Å². The molecule has 3 aromatic rings. The molecule has 114 valence electrons. The number of nitrogens with zero attached hydrogens (tertiary/aromatic N) is 1. The van der Waals surface area contributed by atoms with Crippen LogP contribution in [0.1, 0.15) is 22.6 Å². The molecule has 3 rings (SSSR count). The zero-order valence-electron chi connectivity index (χ0n) is 12.3. The van der Waals surface area contributed by atoms with Crippen LogP contribution >= 0.6 is 0 Å². The van der Waals surface area contributed by atoms with Gasteiger partial charge in [-0.2, -0.15) is 0 Å². The van der Waals surface area contributed by atoms with E-state index < -0.39 is 4.92 Å². The fourth-order valence-electron chi connectivity index (χ4n) is 2.73. The van der Waals surface area contributed by atoms with Crippen molar-refractivity contribution in [3.05, 3.63) is 106 Å². The summed E-state index contributed by atoms with van der Waals surface area (Å²) in [6.45, 7) is 0. The maximum Gasteiger partial charge on any atom is 0.270 e. The second-order valence-electron chi connectivity index (χ2n) is 5.25. The number of non-ortho nitro benzene ring substituents is 1. The Hall–Kier alpha value is -3.14. The van der Waals surface area contributed by atoms with E-state index in [4.69, 9.17) is 0 Å². The van der Waals surface area contributed by atoms with Crippen molar-refractivity contribution in [2.24, 2.45) is 0 Å². The summed E-state index contributed by atoms with van der Waals surface area (Å²) in [4.78, 5) is 10.6. The minimum Gasteiger partial charge on any atom is -0.508 e. The minimum atomic E-state index is -0.448. The van der Waals surface area contributed by atoms with Crippen molar-refractivity contribution in [3.8, 4) is 5.75 Å². The van der Waals surface area contributed by atoms with Crippen molar-refractivity contribution < 1.29 is 10.0 Å². The minimum absolute atomic E-state index is 0.0327. The second kappa shape index (κ2) is 6.32. The van der Waals surface area contributed by atoms with Gasteiger partial charge in [-0.3, -0.25) is 10.1 Å². The maximum absolute atomic E-state index is 11.1. The third kappa shape index (κ3) is 3.06. The fraction of sp³-hybridized carbons (Fsp3) is 0.0526. The van der Waals surface area contributed by atoms with Gasteiger partial charge in [0.1, 0.15) is 5.75 Å². The summed E-state index contributed by atoms with van der Waals surface area (Å²) in [5.41, 5.74) is 2.43. The van der Waals surface area contributed by atoms with Crippen molar-refractivity contribution >= 4 is 5.69 Å². The molecule has 0 aromatic heterocycles. The van der Waals surface area contributed by atoms with Gasteiger partial charge in [-0.15, -0.1) is 0 Å². The largest absolute Gasteiger partial charge is 0.508 e. The standard InChI is InChI=1S/C19H15NO3/c21-18-12-11-16(20(22)23)13-17(18)19(14-7-3-1-4-8-14)15-9-5-2-6-10-15/h1-13,19,21H. The van der Waals surface area contributed by atoms with Crippen LogP contribution in [0, 0.1) is 10.1 Å². The van der Waals surface area contributed by atoms with Crippen LogP contribution in [0.25, 0.3) is 0 Å². The molecule has 0 fully saturated rings. The van der Waals surface area contributed by atoms with E-state index in [1.54, 1.807) is 0 Å². The molecule has 4 nitrogen and oxygen atoms in total. The monoisotopic (exact) mass is 305 g/mol. The number of nitro groups is 1. The summed E-state index contributed by atoms with van der Waals surface area (Å²) < 4.78 is 0. The number of nitro benzene ring substituents is 1. The summed E-state index contributed by atoms with van der Waals surface area (Å²) >= 11 is 0. The molecule has 0 spiro atoms.